The highest BCUT2D eigenvalue weighted by atomic mass is 16.2. The molecule has 24 heavy (non-hydrogen) atoms. The van der Waals surface area contributed by atoms with E-state index in [0.717, 1.165) is 22.7 Å². The van der Waals surface area contributed by atoms with E-state index in [2.05, 4.69) is 36.1 Å². The fourth-order valence-electron chi connectivity index (χ4n) is 3.07. The maximum absolute atomic E-state index is 12.2. The van der Waals surface area contributed by atoms with Gasteiger partial charge in [-0.1, -0.05) is 30.3 Å². The topological polar surface area (TPSA) is 47.2 Å². The van der Waals surface area contributed by atoms with E-state index in [4.69, 9.17) is 0 Å². The molecule has 1 aliphatic rings. The van der Waals surface area contributed by atoms with Gasteiger partial charge in [0, 0.05) is 45.0 Å². The standard InChI is InChI=1S/C19H25N3O2/c1-14(16-7-5-4-6-8-16)22(12-15-9-10-15)13-17-11-18(23)21(3)19(24)20(17)2/h4-8,11,14-15H,9-10,12-13H2,1-3H3/t14-/m0/s1. The van der Waals surface area contributed by atoms with Crippen molar-refractivity contribution in [1.82, 2.24) is 14.0 Å². The van der Waals surface area contributed by atoms with E-state index in [1.54, 1.807) is 17.7 Å². The van der Waals surface area contributed by atoms with Crippen molar-refractivity contribution in [2.75, 3.05) is 6.54 Å². The molecule has 1 saturated carbocycles. The average Bonchev–Trinajstić information content (AvgIpc) is 3.41. The van der Waals surface area contributed by atoms with E-state index in [1.165, 1.54) is 25.5 Å². The molecule has 0 saturated heterocycles. The number of nitrogens with zero attached hydrogens (tertiary/aromatic N) is 3. The van der Waals surface area contributed by atoms with Gasteiger partial charge >= 0.3 is 5.69 Å². The highest BCUT2D eigenvalue weighted by Crippen LogP contribution is 2.33. The highest BCUT2D eigenvalue weighted by molar-refractivity contribution is 5.19. The Morgan fingerprint density at radius 1 is 1.12 bits per heavy atom. The van der Waals surface area contributed by atoms with Crippen molar-refractivity contribution in [1.29, 1.82) is 0 Å². The molecule has 1 aromatic carbocycles. The summed E-state index contributed by atoms with van der Waals surface area (Å²) in [6, 6.07) is 12.2. The molecule has 5 nitrogen and oxygen atoms in total. The number of rotatable bonds is 6. The van der Waals surface area contributed by atoms with Crippen LogP contribution in [0.1, 0.15) is 37.1 Å². The van der Waals surface area contributed by atoms with Crippen LogP contribution in [-0.2, 0) is 20.6 Å². The van der Waals surface area contributed by atoms with Crippen molar-refractivity contribution in [3.05, 3.63) is 68.5 Å². The second kappa shape index (κ2) is 6.77. The molecule has 128 valence electrons. The zero-order chi connectivity index (χ0) is 17.3. The van der Waals surface area contributed by atoms with Crippen LogP contribution in [0.25, 0.3) is 0 Å². The molecule has 0 aliphatic heterocycles. The summed E-state index contributed by atoms with van der Waals surface area (Å²) in [4.78, 5) is 26.5. The Morgan fingerprint density at radius 3 is 2.42 bits per heavy atom. The number of benzene rings is 1. The lowest BCUT2D eigenvalue weighted by molar-refractivity contribution is 0.187. The minimum atomic E-state index is -0.267. The molecule has 1 heterocycles. The molecular weight excluding hydrogens is 302 g/mol. The van der Waals surface area contributed by atoms with Crippen LogP contribution in [0.5, 0.6) is 0 Å². The summed E-state index contributed by atoms with van der Waals surface area (Å²) in [6.07, 6.45) is 2.54. The molecular formula is C19H25N3O2. The molecule has 0 unspecified atom stereocenters. The van der Waals surface area contributed by atoms with Gasteiger partial charge in [0.05, 0.1) is 0 Å². The van der Waals surface area contributed by atoms with Crippen molar-refractivity contribution in [3.8, 4) is 0 Å². The molecule has 5 heteroatoms. The number of hydrogen-bond acceptors (Lipinski definition) is 3. The maximum atomic E-state index is 12.2. The zero-order valence-electron chi connectivity index (χ0n) is 14.6. The molecule has 0 radical (unpaired) electrons. The first-order chi connectivity index (χ1) is 11.5. The van der Waals surface area contributed by atoms with Gasteiger partial charge in [-0.2, -0.15) is 0 Å². The fraction of sp³-hybridized carbons (Fsp3) is 0.474. The number of hydrogen-bond donors (Lipinski definition) is 0. The van der Waals surface area contributed by atoms with E-state index in [0.29, 0.717) is 6.54 Å². The van der Waals surface area contributed by atoms with Crippen molar-refractivity contribution in [3.63, 3.8) is 0 Å². The number of aromatic nitrogens is 2. The van der Waals surface area contributed by atoms with Crippen LogP contribution >= 0.6 is 0 Å². The summed E-state index contributed by atoms with van der Waals surface area (Å²) >= 11 is 0. The highest BCUT2D eigenvalue weighted by Gasteiger charge is 2.27. The van der Waals surface area contributed by atoms with E-state index in [-0.39, 0.29) is 17.3 Å². The lowest BCUT2D eigenvalue weighted by Gasteiger charge is -2.30. The fourth-order valence-corrected chi connectivity index (χ4v) is 3.07. The predicted octanol–water partition coefficient (Wildman–Crippen LogP) is 2.06. The van der Waals surface area contributed by atoms with Gasteiger partial charge in [0.15, 0.2) is 0 Å². The van der Waals surface area contributed by atoms with E-state index < -0.39 is 0 Å². The Morgan fingerprint density at radius 2 is 1.79 bits per heavy atom. The molecule has 1 fully saturated rings. The van der Waals surface area contributed by atoms with Gasteiger partial charge in [-0.3, -0.25) is 18.8 Å². The molecule has 0 bridgehead atoms. The summed E-state index contributed by atoms with van der Waals surface area (Å²) in [5.41, 5.74) is 1.52. The average molecular weight is 327 g/mol. The molecule has 3 rings (SSSR count). The molecule has 1 atom stereocenters. The normalized spacial score (nSPS) is 15.7. The summed E-state index contributed by atoms with van der Waals surface area (Å²) in [7, 11) is 3.25. The quantitative estimate of drug-likeness (QED) is 0.816. The van der Waals surface area contributed by atoms with Gasteiger partial charge in [-0.05, 0) is 31.2 Å². The van der Waals surface area contributed by atoms with Gasteiger partial charge in [0.1, 0.15) is 0 Å². The molecule has 1 aromatic heterocycles. The first-order valence-electron chi connectivity index (χ1n) is 8.52. The maximum Gasteiger partial charge on any atom is 0.330 e. The summed E-state index contributed by atoms with van der Waals surface area (Å²) in [6.45, 7) is 3.80. The van der Waals surface area contributed by atoms with Crippen molar-refractivity contribution >= 4 is 0 Å². The largest absolute Gasteiger partial charge is 0.330 e. The van der Waals surface area contributed by atoms with Gasteiger partial charge in [-0.25, -0.2) is 4.79 Å². The van der Waals surface area contributed by atoms with E-state index in [1.807, 2.05) is 6.07 Å². The minimum Gasteiger partial charge on any atom is -0.299 e. The van der Waals surface area contributed by atoms with E-state index >= 15 is 0 Å². The van der Waals surface area contributed by atoms with Gasteiger partial charge in [0.2, 0.25) is 0 Å². The van der Waals surface area contributed by atoms with Crippen LogP contribution in [-0.4, -0.2) is 20.6 Å². The van der Waals surface area contributed by atoms with Gasteiger partial charge in [-0.15, -0.1) is 0 Å². The summed E-state index contributed by atoms with van der Waals surface area (Å²) in [5.74, 6) is 0.736. The molecule has 1 aliphatic carbocycles. The Hall–Kier alpha value is -2.14. The Kier molecular flexibility index (Phi) is 4.71. The smallest absolute Gasteiger partial charge is 0.299 e. The second-order valence-corrected chi connectivity index (χ2v) is 6.83. The van der Waals surface area contributed by atoms with Crippen LogP contribution in [0.2, 0.25) is 0 Å². The summed E-state index contributed by atoms with van der Waals surface area (Å²) in [5, 5.41) is 0. The first-order valence-corrected chi connectivity index (χ1v) is 8.52. The molecule has 0 spiro atoms. The zero-order valence-corrected chi connectivity index (χ0v) is 14.6. The van der Waals surface area contributed by atoms with Crippen molar-refractivity contribution in [2.45, 2.75) is 32.4 Å². The van der Waals surface area contributed by atoms with Crippen LogP contribution in [0, 0.1) is 5.92 Å². The van der Waals surface area contributed by atoms with Gasteiger partial charge in [0.25, 0.3) is 5.56 Å². The van der Waals surface area contributed by atoms with Crippen LogP contribution in [0.15, 0.2) is 46.0 Å². The third-order valence-corrected chi connectivity index (χ3v) is 5.01. The molecule has 2 aromatic rings. The lowest BCUT2D eigenvalue weighted by atomic mass is 10.1. The first kappa shape index (κ1) is 16.7. The monoisotopic (exact) mass is 327 g/mol. The third kappa shape index (κ3) is 3.51. The third-order valence-electron chi connectivity index (χ3n) is 5.01. The minimum absolute atomic E-state index is 0.242. The van der Waals surface area contributed by atoms with Crippen molar-refractivity contribution < 1.29 is 0 Å². The van der Waals surface area contributed by atoms with Gasteiger partial charge < -0.3 is 0 Å². The Labute approximate surface area is 142 Å². The SMILES string of the molecule is C[C@@H](c1ccccc1)N(Cc1cc(=O)n(C)c(=O)n1C)CC1CC1. The summed E-state index contributed by atoms with van der Waals surface area (Å²) < 4.78 is 2.73. The van der Waals surface area contributed by atoms with Crippen molar-refractivity contribution in [2.24, 2.45) is 20.0 Å². The van der Waals surface area contributed by atoms with E-state index in [9.17, 15) is 9.59 Å². The second-order valence-electron chi connectivity index (χ2n) is 6.83. The Balaban J connectivity index is 1.90. The van der Waals surface area contributed by atoms with Crippen LogP contribution in [0.3, 0.4) is 0 Å². The Bertz CT molecular complexity index is 819. The predicted molar refractivity (Wildman–Crippen MR) is 94.9 cm³/mol. The lowest BCUT2D eigenvalue weighted by Crippen LogP contribution is -2.40. The molecule has 0 amide bonds. The molecule has 0 N–H and O–H groups in total. The van der Waals surface area contributed by atoms with Crippen LogP contribution < -0.4 is 11.2 Å². The van der Waals surface area contributed by atoms with Crippen LogP contribution in [0.4, 0.5) is 0 Å².